The summed E-state index contributed by atoms with van der Waals surface area (Å²) in [5.74, 6) is -0.315. The number of hydrogen-bond acceptors (Lipinski definition) is 4. The van der Waals surface area contributed by atoms with Crippen molar-refractivity contribution in [1.29, 1.82) is 5.26 Å². The van der Waals surface area contributed by atoms with E-state index in [0.717, 1.165) is 5.56 Å². The number of nitrogens with zero attached hydrogens (tertiary/aromatic N) is 2. The van der Waals surface area contributed by atoms with E-state index in [4.69, 9.17) is 5.26 Å². The molecule has 7 heteroatoms. The highest BCUT2D eigenvalue weighted by atomic mass is 32.2. The lowest BCUT2D eigenvalue weighted by Gasteiger charge is -2.24. The lowest BCUT2D eigenvalue weighted by Crippen LogP contribution is -2.35. The Morgan fingerprint density at radius 3 is 2.57 bits per heavy atom. The first-order chi connectivity index (χ1) is 14.4. The standard InChI is InChI=1S/C23H19N3O3S/c1-16-12-19-14-18(23(27)25-20-7-5-6-17(13-20)15-24)10-11-22(19)26(16)30(28,29)21-8-3-2-4-9-21/h2-11,13-14,16H,12H2,1H3,(H,25,27)/t16-/m1/s1. The van der Waals surface area contributed by atoms with Crippen LogP contribution in [0.3, 0.4) is 0 Å². The zero-order valence-corrected chi connectivity index (χ0v) is 17.1. The van der Waals surface area contributed by atoms with Crippen LogP contribution in [0.2, 0.25) is 0 Å². The Kier molecular flexibility index (Phi) is 5.02. The van der Waals surface area contributed by atoms with Gasteiger partial charge in [0.25, 0.3) is 15.9 Å². The van der Waals surface area contributed by atoms with E-state index in [1.165, 1.54) is 4.31 Å². The molecule has 0 saturated heterocycles. The van der Waals surface area contributed by atoms with Crippen molar-refractivity contribution in [2.45, 2.75) is 24.3 Å². The highest BCUT2D eigenvalue weighted by Crippen LogP contribution is 2.37. The molecule has 6 nitrogen and oxygen atoms in total. The highest BCUT2D eigenvalue weighted by molar-refractivity contribution is 7.92. The number of benzene rings is 3. The van der Waals surface area contributed by atoms with Crippen LogP contribution >= 0.6 is 0 Å². The lowest BCUT2D eigenvalue weighted by atomic mass is 10.1. The number of carbonyl (C=O) groups excluding carboxylic acids is 1. The quantitative estimate of drug-likeness (QED) is 0.696. The fourth-order valence-electron chi connectivity index (χ4n) is 3.69. The monoisotopic (exact) mass is 417 g/mol. The van der Waals surface area contributed by atoms with Gasteiger partial charge in [0.1, 0.15) is 0 Å². The second-order valence-electron chi connectivity index (χ2n) is 7.16. The topological polar surface area (TPSA) is 90.3 Å². The Bertz CT molecular complexity index is 1260. The van der Waals surface area contributed by atoms with Gasteiger partial charge in [-0.2, -0.15) is 5.26 Å². The molecule has 0 spiro atoms. The molecule has 1 aliphatic heterocycles. The molecule has 4 rings (SSSR count). The number of rotatable bonds is 4. The van der Waals surface area contributed by atoms with Gasteiger partial charge >= 0.3 is 0 Å². The number of anilines is 2. The summed E-state index contributed by atoms with van der Waals surface area (Å²) in [5.41, 5.74) is 2.82. The third-order valence-electron chi connectivity index (χ3n) is 5.04. The minimum atomic E-state index is -3.69. The van der Waals surface area contributed by atoms with Crippen molar-refractivity contribution in [2.75, 3.05) is 9.62 Å². The number of fused-ring (bicyclic) bond motifs is 1. The zero-order valence-electron chi connectivity index (χ0n) is 16.2. The van der Waals surface area contributed by atoms with Gasteiger partial charge in [-0.1, -0.05) is 24.3 Å². The van der Waals surface area contributed by atoms with Gasteiger partial charge < -0.3 is 5.32 Å². The molecule has 30 heavy (non-hydrogen) atoms. The van der Waals surface area contributed by atoms with Crippen molar-refractivity contribution in [3.8, 4) is 6.07 Å². The van der Waals surface area contributed by atoms with Crippen LogP contribution < -0.4 is 9.62 Å². The first-order valence-electron chi connectivity index (χ1n) is 9.44. The van der Waals surface area contributed by atoms with Crippen LogP contribution in [-0.2, 0) is 16.4 Å². The average Bonchev–Trinajstić information content (AvgIpc) is 3.10. The van der Waals surface area contributed by atoms with Crippen molar-refractivity contribution in [1.82, 2.24) is 0 Å². The highest BCUT2D eigenvalue weighted by Gasteiger charge is 2.36. The minimum Gasteiger partial charge on any atom is -0.322 e. The Balaban J connectivity index is 1.63. The molecule has 1 aliphatic rings. The second-order valence-corrected chi connectivity index (χ2v) is 8.97. The summed E-state index contributed by atoms with van der Waals surface area (Å²) in [7, 11) is -3.69. The van der Waals surface area contributed by atoms with E-state index in [1.807, 2.05) is 13.0 Å². The number of carbonyl (C=O) groups is 1. The number of hydrogen-bond donors (Lipinski definition) is 1. The van der Waals surface area contributed by atoms with Crippen LogP contribution in [0, 0.1) is 11.3 Å². The Morgan fingerprint density at radius 2 is 1.83 bits per heavy atom. The smallest absolute Gasteiger partial charge is 0.264 e. The molecule has 0 aliphatic carbocycles. The fourth-order valence-corrected chi connectivity index (χ4v) is 5.40. The van der Waals surface area contributed by atoms with E-state index in [2.05, 4.69) is 5.32 Å². The van der Waals surface area contributed by atoms with Crippen molar-refractivity contribution < 1.29 is 13.2 Å². The Hall–Kier alpha value is -3.63. The van der Waals surface area contributed by atoms with Crippen LogP contribution in [0.4, 0.5) is 11.4 Å². The molecule has 0 aromatic heterocycles. The molecule has 0 saturated carbocycles. The molecule has 0 fully saturated rings. The van der Waals surface area contributed by atoms with Gasteiger partial charge in [0.15, 0.2) is 0 Å². The molecule has 0 bridgehead atoms. The summed E-state index contributed by atoms with van der Waals surface area (Å²) in [6.07, 6.45) is 0.520. The predicted molar refractivity (Wildman–Crippen MR) is 115 cm³/mol. The van der Waals surface area contributed by atoms with Crippen LogP contribution in [0.1, 0.15) is 28.4 Å². The molecule has 1 N–H and O–H groups in total. The maximum Gasteiger partial charge on any atom is 0.264 e. The molecule has 0 unspecified atom stereocenters. The molecular formula is C23H19N3O3S. The lowest BCUT2D eigenvalue weighted by molar-refractivity contribution is 0.102. The zero-order chi connectivity index (χ0) is 21.3. The minimum absolute atomic E-state index is 0.240. The van der Waals surface area contributed by atoms with Gasteiger partial charge in [-0.05, 0) is 67.4 Å². The first-order valence-corrected chi connectivity index (χ1v) is 10.9. The van der Waals surface area contributed by atoms with Crippen molar-refractivity contribution in [2.24, 2.45) is 0 Å². The molecule has 1 amide bonds. The van der Waals surface area contributed by atoms with Gasteiger partial charge in [-0.25, -0.2) is 8.42 Å². The number of amides is 1. The van der Waals surface area contributed by atoms with E-state index in [1.54, 1.807) is 72.8 Å². The predicted octanol–water partition coefficient (Wildman–Crippen LogP) is 3.95. The van der Waals surface area contributed by atoms with Gasteiger partial charge in [0, 0.05) is 17.3 Å². The molecular weight excluding hydrogens is 398 g/mol. The molecule has 150 valence electrons. The van der Waals surface area contributed by atoms with Gasteiger partial charge in [-0.15, -0.1) is 0 Å². The van der Waals surface area contributed by atoms with Crippen LogP contribution in [0.25, 0.3) is 0 Å². The van der Waals surface area contributed by atoms with Crippen molar-refractivity contribution in [3.63, 3.8) is 0 Å². The molecule has 3 aromatic carbocycles. The number of nitrogens with one attached hydrogen (secondary N) is 1. The first kappa shape index (κ1) is 19.7. The summed E-state index contributed by atoms with van der Waals surface area (Å²) in [6, 6.07) is 21.8. The van der Waals surface area contributed by atoms with Crippen LogP contribution in [0.5, 0.6) is 0 Å². The third-order valence-corrected chi connectivity index (χ3v) is 6.99. The Morgan fingerprint density at radius 1 is 1.07 bits per heavy atom. The summed E-state index contributed by atoms with van der Waals surface area (Å²) in [6.45, 7) is 1.85. The van der Waals surface area contributed by atoms with Crippen molar-refractivity contribution >= 4 is 27.3 Å². The normalized spacial score (nSPS) is 15.3. The average molecular weight is 417 g/mol. The van der Waals surface area contributed by atoms with Gasteiger partial charge in [0.05, 0.1) is 22.2 Å². The molecule has 0 radical (unpaired) electrons. The van der Waals surface area contributed by atoms with Crippen molar-refractivity contribution in [3.05, 3.63) is 89.5 Å². The maximum absolute atomic E-state index is 13.1. The SMILES string of the molecule is C[C@@H]1Cc2cc(C(=O)Nc3cccc(C#N)c3)ccc2N1S(=O)(=O)c1ccccc1. The molecule has 1 heterocycles. The molecule has 1 atom stereocenters. The van der Waals surface area contributed by atoms with E-state index >= 15 is 0 Å². The van der Waals surface area contributed by atoms with E-state index in [9.17, 15) is 13.2 Å². The third kappa shape index (κ3) is 3.53. The largest absolute Gasteiger partial charge is 0.322 e. The summed E-state index contributed by atoms with van der Waals surface area (Å²) >= 11 is 0. The van der Waals surface area contributed by atoms with Gasteiger partial charge in [0.2, 0.25) is 0 Å². The van der Waals surface area contributed by atoms with Crippen LogP contribution in [-0.4, -0.2) is 20.4 Å². The van der Waals surface area contributed by atoms with E-state index in [0.29, 0.717) is 28.9 Å². The fraction of sp³-hybridized carbons (Fsp3) is 0.130. The summed E-state index contributed by atoms with van der Waals surface area (Å²) in [5, 5.41) is 11.8. The Labute approximate surface area is 175 Å². The molecule has 3 aromatic rings. The summed E-state index contributed by atoms with van der Waals surface area (Å²) < 4.78 is 27.7. The van der Waals surface area contributed by atoms with E-state index < -0.39 is 10.0 Å². The maximum atomic E-state index is 13.1. The number of sulfonamides is 1. The second kappa shape index (κ2) is 7.65. The van der Waals surface area contributed by atoms with E-state index in [-0.39, 0.29) is 16.8 Å². The summed E-state index contributed by atoms with van der Waals surface area (Å²) in [4.78, 5) is 12.9. The van der Waals surface area contributed by atoms with Crippen LogP contribution in [0.15, 0.2) is 77.7 Å². The number of nitriles is 1. The van der Waals surface area contributed by atoms with Gasteiger partial charge in [-0.3, -0.25) is 9.10 Å².